The summed E-state index contributed by atoms with van der Waals surface area (Å²) in [5, 5.41) is 2.90. The predicted molar refractivity (Wildman–Crippen MR) is 97.2 cm³/mol. The molecule has 2 atom stereocenters. The number of nitrogens with zero attached hydrogens (tertiary/aromatic N) is 1. The van der Waals surface area contributed by atoms with E-state index in [1.807, 2.05) is 25.1 Å². The molecule has 23 heavy (non-hydrogen) atoms. The molecule has 0 aliphatic carbocycles. The SMILES string of the molecule is CC(N)CCNC(=O)C1CN(Cc2ccccc2)CCO1.Cl.Cl. The minimum Gasteiger partial charge on any atom is -0.366 e. The summed E-state index contributed by atoms with van der Waals surface area (Å²) in [5.74, 6) is -0.0339. The number of rotatable bonds is 6. The largest absolute Gasteiger partial charge is 0.366 e. The third-order valence-electron chi connectivity index (χ3n) is 3.59. The second-order valence-electron chi connectivity index (χ2n) is 5.64. The van der Waals surface area contributed by atoms with Crippen molar-refractivity contribution in [1.29, 1.82) is 0 Å². The van der Waals surface area contributed by atoms with Crippen LogP contribution in [0.2, 0.25) is 0 Å². The Morgan fingerprint density at radius 3 is 2.74 bits per heavy atom. The summed E-state index contributed by atoms with van der Waals surface area (Å²) in [7, 11) is 0. The van der Waals surface area contributed by atoms with Gasteiger partial charge in [-0.1, -0.05) is 30.3 Å². The van der Waals surface area contributed by atoms with E-state index in [0.717, 1.165) is 19.5 Å². The quantitative estimate of drug-likeness (QED) is 0.805. The molecule has 2 rings (SSSR count). The van der Waals surface area contributed by atoms with Crippen LogP contribution in [-0.4, -0.2) is 49.2 Å². The molecular weight excluding hydrogens is 337 g/mol. The molecule has 3 N–H and O–H groups in total. The minimum atomic E-state index is -0.379. The molecule has 0 saturated carbocycles. The summed E-state index contributed by atoms with van der Waals surface area (Å²) >= 11 is 0. The van der Waals surface area contributed by atoms with Crippen molar-refractivity contribution in [2.75, 3.05) is 26.2 Å². The Balaban J connectivity index is 0.00000242. The maximum atomic E-state index is 12.1. The monoisotopic (exact) mass is 363 g/mol. The third kappa shape index (κ3) is 7.99. The van der Waals surface area contributed by atoms with E-state index in [9.17, 15) is 4.79 Å². The molecule has 1 aromatic rings. The topological polar surface area (TPSA) is 67.6 Å². The van der Waals surface area contributed by atoms with Gasteiger partial charge in [-0.25, -0.2) is 0 Å². The molecule has 1 saturated heterocycles. The van der Waals surface area contributed by atoms with Crippen LogP contribution in [0, 0.1) is 0 Å². The van der Waals surface area contributed by atoms with E-state index in [4.69, 9.17) is 10.5 Å². The Morgan fingerprint density at radius 1 is 1.39 bits per heavy atom. The Labute approximate surface area is 150 Å². The zero-order valence-electron chi connectivity index (χ0n) is 13.4. The zero-order chi connectivity index (χ0) is 15.1. The molecule has 2 unspecified atom stereocenters. The van der Waals surface area contributed by atoms with Gasteiger partial charge in [0.05, 0.1) is 6.61 Å². The molecule has 1 aliphatic rings. The summed E-state index contributed by atoms with van der Waals surface area (Å²) < 4.78 is 5.58. The number of carbonyl (C=O) groups excluding carboxylic acids is 1. The number of amides is 1. The number of carbonyl (C=O) groups is 1. The highest BCUT2D eigenvalue weighted by Crippen LogP contribution is 2.10. The highest BCUT2D eigenvalue weighted by Gasteiger charge is 2.26. The maximum absolute atomic E-state index is 12.1. The normalized spacial score (nSPS) is 19.1. The van der Waals surface area contributed by atoms with Gasteiger partial charge >= 0.3 is 0 Å². The van der Waals surface area contributed by atoms with Crippen LogP contribution in [-0.2, 0) is 16.1 Å². The second kappa shape index (κ2) is 11.6. The van der Waals surface area contributed by atoms with Crippen LogP contribution < -0.4 is 11.1 Å². The van der Waals surface area contributed by atoms with Gasteiger partial charge < -0.3 is 15.8 Å². The van der Waals surface area contributed by atoms with E-state index in [1.54, 1.807) is 0 Å². The van der Waals surface area contributed by atoms with Gasteiger partial charge in [0.25, 0.3) is 0 Å². The Morgan fingerprint density at radius 2 is 2.09 bits per heavy atom. The average Bonchev–Trinajstić information content (AvgIpc) is 2.48. The minimum absolute atomic E-state index is 0. The Hall–Kier alpha value is -0.850. The van der Waals surface area contributed by atoms with Crippen LogP contribution >= 0.6 is 24.8 Å². The summed E-state index contributed by atoms with van der Waals surface area (Å²) in [5.41, 5.74) is 6.93. The fourth-order valence-corrected chi connectivity index (χ4v) is 2.38. The van der Waals surface area contributed by atoms with Gasteiger partial charge in [-0.3, -0.25) is 9.69 Å². The van der Waals surface area contributed by atoms with E-state index in [0.29, 0.717) is 19.7 Å². The van der Waals surface area contributed by atoms with E-state index < -0.39 is 0 Å². The number of benzene rings is 1. The molecule has 0 spiro atoms. The van der Waals surface area contributed by atoms with Crippen molar-refractivity contribution < 1.29 is 9.53 Å². The van der Waals surface area contributed by atoms with Crippen LogP contribution in [0.3, 0.4) is 0 Å². The number of nitrogens with one attached hydrogen (secondary N) is 1. The highest BCUT2D eigenvalue weighted by atomic mass is 35.5. The molecule has 1 aromatic carbocycles. The smallest absolute Gasteiger partial charge is 0.250 e. The Kier molecular flexibility index (Phi) is 11.2. The third-order valence-corrected chi connectivity index (χ3v) is 3.59. The van der Waals surface area contributed by atoms with Gasteiger partial charge in [0, 0.05) is 32.2 Å². The fraction of sp³-hybridized carbons (Fsp3) is 0.562. The molecular formula is C16H27Cl2N3O2. The molecule has 0 radical (unpaired) electrons. The molecule has 0 aromatic heterocycles. The van der Waals surface area contributed by atoms with Crippen molar-refractivity contribution in [3.8, 4) is 0 Å². The lowest BCUT2D eigenvalue weighted by atomic mass is 10.2. The van der Waals surface area contributed by atoms with E-state index in [1.165, 1.54) is 5.56 Å². The predicted octanol–water partition coefficient (Wildman–Crippen LogP) is 1.58. The zero-order valence-corrected chi connectivity index (χ0v) is 15.1. The summed E-state index contributed by atoms with van der Waals surface area (Å²) in [6.45, 7) is 5.49. The lowest BCUT2D eigenvalue weighted by Crippen LogP contribution is -2.49. The van der Waals surface area contributed by atoms with Gasteiger partial charge in [0.15, 0.2) is 0 Å². The summed E-state index contributed by atoms with van der Waals surface area (Å²) in [4.78, 5) is 14.3. The van der Waals surface area contributed by atoms with Crippen LogP contribution in [0.25, 0.3) is 0 Å². The van der Waals surface area contributed by atoms with Gasteiger partial charge in [-0.15, -0.1) is 24.8 Å². The van der Waals surface area contributed by atoms with E-state index >= 15 is 0 Å². The standard InChI is InChI=1S/C16H25N3O2.2ClH/c1-13(17)7-8-18-16(20)15-12-19(9-10-21-15)11-14-5-3-2-4-6-14;;/h2-6,13,15H,7-12,17H2,1H3,(H,18,20);2*1H. The highest BCUT2D eigenvalue weighted by molar-refractivity contribution is 5.85. The van der Waals surface area contributed by atoms with Crippen LogP contribution in [0.5, 0.6) is 0 Å². The van der Waals surface area contributed by atoms with Gasteiger partial charge in [0.2, 0.25) is 5.91 Å². The number of morpholine rings is 1. The molecule has 132 valence electrons. The number of hydrogen-bond donors (Lipinski definition) is 2. The van der Waals surface area contributed by atoms with Gasteiger partial charge in [-0.05, 0) is 18.9 Å². The van der Waals surface area contributed by atoms with Gasteiger partial charge in [0.1, 0.15) is 6.10 Å². The lowest BCUT2D eigenvalue weighted by Gasteiger charge is -2.32. The molecule has 7 heteroatoms. The molecule has 1 fully saturated rings. The first kappa shape index (κ1) is 22.1. The first-order chi connectivity index (χ1) is 10.1. The number of hydrogen-bond acceptors (Lipinski definition) is 4. The molecule has 1 aliphatic heterocycles. The molecule has 1 heterocycles. The maximum Gasteiger partial charge on any atom is 0.250 e. The lowest BCUT2D eigenvalue weighted by molar-refractivity contribution is -0.138. The van der Waals surface area contributed by atoms with E-state index in [-0.39, 0.29) is 42.9 Å². The van der Waals surface area contributed by atoms with Crippen molar-refractivity contribution >= 4 is 30.7 Å². The van der Waals surface area contributed by atoms with Crippen molar-refractivity contribution in [3.05, 3.63) is 35.9 Å². The molecule has 1 amide bonds. The average molecular weight is 364 g/mol. The molecule has 5 nitrogen and oxygen atoms in total. The van der Waals surface area contributed by atoms with Gasteiger partial charge in [-0.2, -0.15) is 0 Å². The Bertz CT molecular complexity index is 446. The first-order valence-electron chi connectivity index (χ1n) is 7.56. The van der Waals surface area contributed by atoms with Crippen LogP contribution in [0.15, 0.2) is 30.3 Å². The van der Waals surface area contributed by atoms with Crippen molar-refractivity contribution in [3.63, 3.8) is 0 Å². The van der Waals surface area contributed by atoms with Crippen molar-refractivity contribution in [2.24, 2.45) is 5.73 Å². The number of halogens is 2. The number of ether oxygens (including phenoxy) is 1. The first-order valence-corrected chi connectivity index (χ1v) is 7.56. The number of nitrogens with two attached hydrogens (primary N) is 1. The molecule has 0 bridgehead atoms. The van der Waals surface area contributed by atoms with Crippen molar-refractivity contribution in [1.82, 2.24) is 10.2 Å². The summed E-state index contributed by atoms with van der Waals surface area (Å²) in [6, 6.07) is 10.4. The fourth-order valence-electron chi connectivity index (χ4n) is 2.38. The van der Waals surface area contributed by atoms with E-state index in [2.05, 4.69) is 22.3 Å². The van der Waals surface area contributed by atoms with Crippen molar-refractivity contribution in [2.45, 2.75) is 32.0 Å². The second-order valence-corrected chi connectivity index (χ2v) is 5.64. The summed E-state index contributed by atoms with van der Waals surface area (Å²) in [6.07, 6.45) is 0.405. The van der Waals surface area contributed by atoms with Crippen LogP contribution in [0.1, 0.15) is 18.9 Å². The van der Waals surface area contributed by atoms with Crippen LogP contribution in [0.4, 0.5) is 0 Å².